The maximum atomic E-state index is 9.57. The van der Waals surface area contributed by atoms with Crippen LogP contribution in [-0.4, -0.2) is 15.3 Å². The number of aromatic nitrogens is 2. The lowest BCUT2D eigenvalue weighted by molar-refractivity contribution is 0.0460. The average molecular weight is 184 g/mol. The minimum atomic E-state index is -1.06. The van der Waals surface area contributed by atoms with Crippen molar-refractivity contribution in [3.8, 4) is 0 Å². The SMILES string of the molecule is CC(C)(C)c1nnc(C(C)(C)O)o1. The van der Waals surface area contributed by atoms with Crippen LogP contribution in [0.25, 0.3) is 0 Å². The zero-order valence-electron chi connectivity index (χ0n) is 8.75. The fourth-order valence-corrected chi connectivity index (χ4v) is 0.774. The highest BCUT2D eigenvalue weighted by Gasteiger charge is 2.27. The number of hydrogen-bond donors (Lipinski definition) is 1. The average Bonchev–Trinajstić information content (AvgIpc) is 2.28. The minimum Gasteiger partial charge on any atom is -0.422 e. The Labute approximate surface area is 78.0 Å². The van der Waals surface area contributed by atoms with Gasteiger partial charge < -0.3 is 9.52 Å². The van der Waals surface area contributed by atoms with Crippen LogP contribution >= 0.6 is 0 Å². The summed E-state index contributed by atoms with van der Waals surface area (Å²) in [7, 11) is 0. The van der Waals surface area contributed by atoms with Gasteiger partial charge in [-0.2, -0.15) is 0 Å². The van der Waals surface area contributed by atoms with Crippen LogP contribution in [0, 0.1) is 0 Å². The zero-order valence-corrected chi connectivity index (χ0v) is 8.75. The number of rotatable bonds is 1. The molecule has 0 bridgehead atoms. The van der Waals surface area contributed by atoms with Crippen LogP contribution in [0.3, 0.4) is 0 Å². The van der Waals surface area contributed by atoms with Crippen molar-refractivity contribution in [3.05, 3.63) is 11.8 Å². The van der Waals surface area contributed by atoms with Crippen LogP contribution < -0.4 is 0 Å². The number of hydrogen-bond acceptors (Lipinski definition) is 4. The molecule has 1 rings (SSSR count). The van der Waals surface area contributed by atoms with E-state index in [1.54, 1.807) is 13.8 Å². The smallest absolute Gasteiger partial charge is 0.247 e. The van der Waals surface area contributed by atoms with Crippen LogP contribution in [0.5, 0.6) is 0 Å². The molecule has 0 spiro atoms. The van der Waals surface area contributed by atoms with E-state index in [-0.39, 0.29) is 11.3 Å². The molecule has 1 heterocycles. The first kappa shape index (κ1) is 10.2. The molecule has 0 amide bonds. The van der Waals surface area contributed by atoms with E-state index in [0.29, 0.717) is 5.89 Å². The minimum absolute atomic E-state index is 0.170. The van der Waals surface area contributed by atoms with Gasteiger partial charge in [0.1, 0.15) is 5.60 Å². The van der Waals surface area contributed by atoms with Crippen molar-refractivity contribution in [1.82, 2.24) is 10.2 Å². The Balaban J connectivity index is 3.01. The monoisotopic (exact) mass is 184 g/mol. The Morgan fingerprint density at radius 2 is 1.46 bits per heavy atom. The second kappa shape index (κ2) is 2.80. The summed E-state index contributed by atoms with van der Waals surface area (Å²) >= 11 is 0. The Hall–Kier alpha value is -0.900. The summed E-state index contributed by atoms with van der Waals surface area (Å²) in [4.78, 5) is 0. The van der Waals surface area contributed by atoms with Gasteiger partial charge >= 0.3 is 0 Å². The molecule has 0 radical (unpaired) electrons. The first-order valence-corrected chi connectivity index (χ1v) is 4.28. The molecule has 0 aliphatic rings. The summed E-state index contributed by atoms with van der Waals surface area (Å²) < 4.78 is 5.34. The summed E-state index contributed by atoms with van der Waals surface area (Å²) in [6, 6.07) is 0. The lowest BCUT2D eigenvalue weighted by atomic mass is 9.97. The van der Waals surface area contributed by atoms with E-state index in [4.69, 9.17) is 4.42 Å². The fourth-order valence-electron chi connectivity index (χ4n) is 0.774. The molecule has 0 saturated heterocycles. The quantitative estimate of drug-likeness (QED) is 0.720. The van der Waals surface area contributed by atoms with E-state index >= 15 is 0 Å². The number of nitrogens with zero attached hydrogens (tertiary/aromatic N) is 2. The second-order valence-corrected chi connectivity index (χ2v) is 4.72. The van der Waals surface area contributed by atoms with E-state index < -0.39 is 5.60 Å². The molecule has 0 saturated carbocycles. The summed E-state index contributed by atoms with van der Waals surface area (Å²) in [6.45, 7) is 9.18. The molecule has 1 N–H and O–H groups in total. The summed E-state index contributed by atoms with van der Waals surface area (Å²) in [6.07, 6.45) is 0. The third-order valence-electron chi connectivity index (χ3n) is 1.59. The van der Waals surface area contributed by atoms with Gasteiger partial charge in [-0.1, -0.05) is 20.8 Å². The molecule has 4 nitrogen and oxygen atoms in total. The van der Waals surface area contributed by atoms with Crippen molar-refractivity contribution < 1.29 is 9.52 Å². The first-order valence-electron chi connectivity index (χ1n) is 4.28. The molecule has 1 aromatic rings. The first-order chi connectivity index (χ1) is 5.71. The third kappa shape index (κ3) is 2.28. The molecular formula is C9H16N2O2. The van der Waals surface area contributed by atoms with Crippen LogP contribution in [0.4, 0.5) is 0 Å². The summed E-state index contributed by atoms with van der Waals surface area (Å²) in [5, 5.41) is 17.2. The molecule has 0 aromatic carbocycles. The van der Waals surface area contributed by atoms with E-state index in [2.05, 4.69) is 10.2 Å². The summed E-state index contributed by atoms with van der Waals surface area (Å²) in [5.41, 5.74) is -1.23. The van der Waals surface area contributed by atoms with Gasteiger partial charge in [-0.3, -0.25) is 0 Å². The predicted octanol–water partition coefficient (Wildman–Crippen LogP) is 1.59. The molecule has 74 valence electrons. The normalized spacial score (nSPS) is 13.4. The Morgan fingerprint density at radius 1 is 1.00 bits per heavy atom. The Bertz CT molecular complexity index is 263. The van der Waals surface area contributed by atoms with Gasteiger partial charge in [0, 0.05) is 5.41 Å². The highest BCUT2D eigenvalue weighted by Crippen LogP contribution is 2.24. The van der Waals surface area contributed by atoms with Crippen molar-refractivity contribution >= 4 is 0 Å². The second-order valence-electron chi connectivity index (χ2n) is 4.72. The van der Waals surface area contributed by atoms with Crippen molar-refractivity contribution in [1.29, 1.82) is 0 Å². The van der Waals surface area contributed by atoms with Crippen molar-refractivity contribution in [2.45, 2.75) is 45.6 Å². The molecule has 0 fully saturated rings. The van der Waals surface area contributed by atoms with E-state index in [1.165, 1.54) is 0 Å². The molecule has 0 unspecified atom stereocenters. The van der Waals surface area contributed by atoms with Gasteiger partial charge in [-0.05, 0) is 13.8 Å². The molecule has 1 aromatic heterocycles. The predicted molar refractivity (Wildman–Crippen MR) is 48.2 cm³/mol. The molecule has 0 atom stereocenters. The maximum Gasteiger partial charge on any atom is 0.247 e. The molecule has 4 heteroatoms. The third-order valence-corrected chi connectivity index (χ3v) is 1.59. The van der Waals surface area contributed by atoms with Gasteiger partial charge in [0.2, 0.25) is 11.8 Å². The lowest BCUT2D eigenvalue weighted by Gasteiger charge is -2.13. The highest BCUT2D eigenvalue weighted by molar-refractivity contribution is 4.99. The molecular weight excluding hydrogens is 168 g/mol. The number of aliphatic hydroxyl groups is 1. The van der Waals surface area contributed by atoms with Gasteiger partial charge in [0.15, 0.2) is 0 Å². The van der Waals surface area contributed by atoms with Crippen LogP contribution in [0.15, 0.2) is 4.42 Å². The topological polar surface area (TPSA) is 59.2 Å². The van der Waals surface area contributed by atoms with Crippen LogP contribution in [-0.2, 0) is 11.0 Å². The van der Waals surface area contributed by atoms with Gasteiger partial charge in [-0.15, -0.1) is 10.2 Å². The Morgan fingerprint density at radius 3 is 1.69 bits per heavy atom. The van der Waals surface area contributed by atoms with E-state index in [0.717, 1.165) is 0 Å². The van der Waals surface area contributed by atoms with Gasteiger partial charge in [-0.25, -0.2) is 0 Å². The highest BCUT2D eigenvalue weighted by atomic mass is 16.4. The van der Waals surface area contributed by atoms with E-state index in [9.17, 15) is 5.11 Å². The maximum absolute atomic E-state index is 9.57. The van der Waals surface area contributed by atoms with Gasteiger partial charge in [0.25, 0.3) is 0 Å². The zero-order chi connectivity index (χ0) is 10.3. The molecule has 0 aliphatic heterocycles. The van der Waals surface area contributed by atoms with Crippen molar-refractivity contribution in [3.63, 3.8) is 0 Å². The lowest BCUT2D eigenvalue weighted by Crippen LogP contribution is -2.16. The van der Waals surface area contributed by atoms with Crippen LogP contribution in [0.2, 0.25) is 0 Å². The Kier molecular flexibility index (Phi) is 2.20. The largest absolute Gasteiger partial charge is 0.422 e. The molecule has 13 heavy (non-hydrogen) atoms. The molecule has 0 aliphatic carbocycles. The summed E-state index contributed by atoms with van der Waals surface area (Å²) in [5.74, 6) is 0.807. The standard InChI is InChI=1S/C9H16N2O2/c1-8(2,3)6-10-11-7(13-6)9(4,5)12/h12H,1-5H3. The van der Waals surface area contributed by atoms with Crippen molar-refractivity contribution in [2.24, 2.45) is 0 Å². The fraction of sp³-hybridized carbons (Fsp3) is 0.778. The van der Waals surface area contributed by atoms with E-state index in [1.807, 2.05) is 20.8 Å². The van der Waals surface area contributed by atoms with Crippen molar-refractivity contribution in [2.75, 3.05) is 0 Å². The van der Waals surface area contributed by atoms with Gasteiger partial charge in [0.05, 0.1) is 0 Å². The van der Waals surface area contributed by atoms with Crippen LogP contribution in [0.1, 0.15) is 46.4 Å².